The second kappa shape index (κ2) is 10.6. The van der Waals surface area contributed by atoms with Gasteiger partial charge in [0.2, 0.25) is 0 Å². The van der Waals surface area contributed by atoms with Gasteiger partial charge in [-0.3, -0.25) is 4.99 Å². The largest absolute Gasteiger partial charge is 0.373 e. The highest BCUT2D eigenvalue weighted by Gasteiger charge is 2.36. The summed E-state index contributed by atoms with van der Waals surface area (Å²) in [6.45, 7) is 4.63. The molecule has 2 bridgehead atoms. The van der Waals surface area contributed by atoms with E-state index in [0.29, 0.717) is 6.04 Å². The molecule has 1 aromatic rings. The van der Waals surface area contributed by atoms with E-state index in [2.05, 4.69) is 53.8 Å². The van der Waals surface area contributed by atoms with Crippen molar-refractivity contribution in [2.24, 2.45) is 4.99 Å². The molecule has 5 nitrogen and oxygen atoms in total. The van der Waals surface area contributed by atoms with Gasteiger partial charge in [-0.05, 0) is 76.5 Å². The molecule has 3 atom stereocenters. The average Bonchev–Trinajstić information content (AvgIpc) is 2.74. The van der Waals surface area contributed by atoms with Crippen molar-refractivity contribution < 1.29 is 4.74 Å². The lowest BCUT2D eigenvalue weighted by atomic mass is 9.82. The molecule has 30 heavy (non-hydrogen) atoms. The van der Waals surface area contributed by atoms with Crippen molar-refractivity contribution in [2.45, 2.75) is 88.9 Å². The lowest BCUT2D eigenvalue weighted by Gasteiger charge is -2.47. The number of fused-ring (bicyclic) bond motifs is 3. The number of nitrogens with zero attached hydrogens (tertiary/aromatic N) is 2. The monoisotopic (exact) mass is 412 g/mol. The molecule has 0 aromatic heterocycles. The number of guanidine groups is 1. The van der Waals surface area contributed by atoms with E-state index in [1.165, 1.54) is 56.1 Å². The van der Waals surface area contributed by atoms with E-state index in [4.69, 9.17) is 9.73 Å². The van der Waals surface area contributed by atoms with Crippen LogP contribution in [-0.4, -0.2) is 55.7 Å². The fraction of sp³-hybridized carbons (Fsp3) is 0.720. The normalized spacial score (nSPS) is 29.3. The van der Waals surface area contributed by atoms with Crippen molar-refractivity contribution in [3.05, 3.63) is 35.4 Å². The topological polar surface area (TPSA) is 48.9 Å². The summed E-state index contributed by atoms with van der Waals surface area (Å²) >= 11 is 0. The van der Waals surface area contributed by atoms with Crippen LogP contribution in [0.25, 0.3) is 0 Å². The Morgan fingerprint density at radius 1 is 1.13 bits per heavy atom. The highest BCUT2D eigenvalue weighted by Crippen LogP contribution is 2.33. The van der Waals surface area contributed by atoms with Gasteiger partial charge in [0.1, 0.15) is 0 Å². The van der Waals surface area contributed by atoms with E-state index in [1.807, 2.05) is 0 Å². The Balaban J connectivity index is 1.23. The number of aryl methyl sites for hydroxylation is 1. The second-order valence-corrected chi connectivity index (χ2v) is 9.28. The molecule has 4 rings (SSSR count). The van der Waals surface area contributed by atoms with Crippen LogP contribution < -0.4 is 10.6 Å². The maximum atomic E-state index is 6.25. The second-order valence-electron chi connectivity index (χ2n) is 9.28. The first-order valence-electron chi connectivity index (χ1n) is 12.2. The lowest BCUT2D eigenvalue weighted by Crippen LogP contribution is -2.56. The molecule has 2 aliphatic heterocycles. The molecule has 5 heteroatoms. The summed E-state index contributed by atoms with van der Waals surface area (Å²) < 4.78 is 6.25. The fourth-order valence-corrected chi connectivity index (χ4v) is 5.61. The molecule has 2 saturated heterocycles. The Kier molecular flexibility index (Phi) is 7.67. The third kappa shape index (κ3) is 5.36. The van der Waals surface area contributed by atoms with Crippen LogP contribution in [0.1, 0.15) is 75.5 Å². The van der Waals surface area contributed by atoms with Gasteiger partial charge in [0.25, 0.3) is 0 Å². The summed E-state index contributed by atoms with van der Waals surface area (Å²) in [5.74, 6) is 0.980. The maximum Gasteiger partial charge on any atom is 0.191 e. The molecule has 2 N–H and O–H groups in total. The Labute approximate surface area is 182 Å². The quantitative estimate of drug-likeness (QED) is 0.403. The molecule has 0 amide bonds. The number of hydrogen-bond donors (Lipinski definition) is 2. The molecule has 1 aliphatic carbocycles. The fourth-order valence-electron chi connectivity index (χ4n) is 5.61. The van der Waals surface area contributed by atoms with Gasteiger partial charge in [-0.1, -0.05) is 30.7 Å². The highest BCUT2D eigenvalue weighted by atomic mass is 16.5. The van der Waals surface area contributed by atoms with Gasteiger partial charge in [0.15, 0.2) is 5.96 Å². The number of hydrogen-bond acceptors (Lipinski definition) is 3. The number of benzene rings is 1. The average molecular weight is 413 g/mol. The number of nitrogens with one attached hydrogen (secondary N) is 2. The van der Waals surface area contributed by atoms with E-state index in [-0.39, 0.29) is 6.10 Å². The van der Waals surface area contributed by atoms with Crippen LogP contribution in [-0.2, 0) is 11.2 Å². The van der Waals surface area contributed by atoms with Crippen LogP contribution >= 0.6 is 0 Å². The van der Waals surface area contributed by atoms with Crippen molar-refractivity contribution in [3.63, 3.8) is 0 Å². The van der Waals surface area contributed by atoms with Crippen molar-refractivity contribution in [3.8, 4) is 0 Å². The van der Waals surface area contributed by atoms with Crippen molar-refractivity contribution >= 4 is 5.96 Å². The minimum Gasteiger partial charge on any atom is -0.373 e. The smallest absolute Gasteiger partial charge is 0.191 e. The summed E-state index contributed by atoms with van der Waals surface area (Å²) in [5, 5.41) is 7.18. The van der Waals surface area contributed by atoms with Gasteiger partial charge in [0, 0.05) is 37.8 Å². The number of rotatable bonds is 7. The Morgan fingerprint density at radius 3 is 2.73 bits per heavy atom. The van der Waals surface area contributed by atoms with Crippen molar-refractivity contribution in [1.82, 2.24) is 15.5 Å². The van der Waals surface area contributed by atoms with E-state index in [1.54, 1.807) is 0 Å². The zero-order valence-electron chi connectivity index (χ0n) is 18.9. The van der Waals surface area contributed by atoms with Crippen LogP contribution in [0.5, 0.6) is 0 Å². The molecule has 166 valence electrons. The third-order valence-electron chi connectivity index (χ3n) is 7.23. The SMILES string of the molecule is CCNC(=NCCCOC1CCCc2ccccc21)NC1CC2CCCC(C1)N2C. The summed E-state index contributed by atoms with van der Waals surface area (Å²) in [6, 6.07) is 10.8. The Bertz CT molecular complexity index is 692. The molecular formula is C25H40N4O. The van der Waals surface area contributed by atoms with Crippen LogP contribution in [0.2, 0.25) is 0 Å². The Morgan fingerprint density at radius 2 is 1.93 bits per heavy atom. The molecular weight excluding hydrogens is 372 g/mol. The minimum absolute atomic E-state index is 0.268. The number of piperidine rings is 2. The summed E-state index contributed by atoms with van der Waals surface area (Å²) in [7, 11) is 2.31. The van der Waals surface area contributed by atoms with Gasteiger partial charge in [0.05, 0.1) is 6.10 Å². The molecule has 3 unspecified atom stereocenters. The number of ether oxygens (including phenoxy) is 1. The van der Waals surface area contributed by atoms with Crippen LogP contribution in [0.4, 0.5) is 0 Å². The van der Waals surface area contributed by atoms with E-state index >= 15 is 0 Å². The molecule has 0 saturated carbocycles. The zero-order chi connectivity index (χ0) is 20.8. The standard InChI is InChI=1S/C25H40N4O/c1-3-26-25(28-20-17-21-11-7-12-22(18-20)29(21)2)27-15-8-16-30-24-14-6-10-19-9-4-5-13-23(19)24/h4-5,9,13,20-22,24H,3,6-8,10-12,14-18H2,1-2H3,(H2,26,27,28). The van der Waals surface area contributed by atoms with Gasteiger partial charge in [-0.2, -0.15) is 0 Å². The Hall–Kier alpha value is -1.59. The molecule has 1 aromatic carbocycles. The first-order valence-corrected chi connectivity index (χ1v) is 12.2. The van der Waals surface area contributed by atoms with Crippen LogP contribution in [0.3, 0.4) is 0 Å². The summed E-state index contributed by atoms with van der Waals surface area (Å²) in [6.07, 6.45) is 11.4. The number of aliphatic imine (C=N–C) groups is 1. The minimum atomic E-state index is 0.268. The first kappa shape index (κ1) is 21.6. The third-order valence-corrected chi connectivity index (χ3v) is 7.23. The van der Waals surface area contributed by atoms with Crippen molar-refractivity contribution in [1.29, 1.82) is 0 Å². The summed E-state index contributed by atoms with van der Waals surface area (Å²) in [5.41, 5.74) is 2.86. The zero-order valence-corrected chi connectivity index (χ0v) is 18.9. The first-order chi connectivity index (χ1) is 14.7. The molecule has 2 heterocycles. The van der Waals surface area contributed by atoms with Gasteiger partial charge >= 0.3 is 0 Å². The van der Waals surface area contributed by atoms with E-state index in [9.17, 15) is 0 Å². The molecule has 0 spiro atoms. The van der Waals surface area contributed by atoms with Crippen molar-refractivity contribution in [2.75, 3.05) is 26.7 Å². The van der Waals surface area contributed by atoms with Crippen LogP contribution in [0.15, 0.2) is 29.3 Å². The molecule has 2 fully saturated rings. The predicted octanol–water partition coefficient (Wildman–Crippen LogP) is 4.04. The summed E-state index contributed by atoms with van der Waals surface area (Å²) in [4.78, 5) is 7.47. The molecule has 3 aliphatic rings. The lowest BCUT2D eigenvalue weighted by molar-refractivity contribution is 0.0402. The van der Waals surface area contributed by atoms with Crippen LogP contribution in [0, 0.1) is 0 Å². The molecule has 0 radical (unpaired) electrons. The van der Waals surface area contributed by atoms with E-state index < -0.39 is 0 Å². The maximum absolute atomic E-state index is 6.25. The van der Waals surface area contributed by atoms with Gasteiger partial charge in [-0.25, -0.2) is 0 Å². The predicted molar refractivity (Wildman–Crippen MR) is 124 cm³/mol. The van der Waals surface area contributed by atoms with Gasteiger partial charge in [-0.15, -0.1) is 0 Å². The van der Waals surface area contributed by atoms with Gasteiger partial charge < -0.3 is 20.3 Å². The highest BCUT2D eigenvalue weighted by molar-refractivity contribution is 5.80. The van der Waals surface area contributed by atoms with E-state index in [0.717, 1.165) is 50.6 Å².